The molecule has 0 fully saturated rings. The summed E-state index contributed by atoms with van der Waals surface area (Å²) in [6.07, 6.45) is 3.58. The van der Waals surface area contributed by atoms with Gasteiger partial charge in [0.15, 0.2) is 0 Å². The van der Waals surface area contributed by atoms with Crippen LogP contribution in [0.25, 0.3) is 0 Å². The summed E-state index contributed by atoms with van der Waals surface area (Å²) in [5.41, 5.74) is 8.83. The minimum Gasteiger partial charge on any atom is -0.398 e. The number of hydrogen-bond acceptors (Lipinski definition) is 4. The van der Waals surface area contributed by atoms with Crippen LogP contribution in [0.2, 0.25) is 0 Å². The standard InChI is InChI=1S/C17H21N3OS.2ClH/c1-17(2,3)16-19-10-14(22-16)15(21)20-9-5-6-11-12(18)7-4-8-13(11)20;;/h4,7-8,10H,5-6,9,18H2,1-3H3;2*1H. The Morgan fingerprint density at radius 3 is 2.62 bits per heavy atom. The molecule has 24 heavy (non-hydrogen) atoms. The molecule has 2 aromatic rings. The van der Waals surface area contributed by atoms with Crippen LogP contribution in [0.15, 0.2) is 24.4 Å². The molecule has 1 aliphatic rings. The maximum absolute atomic E-state index is 12.9. The number of rotatable bonds is 1. The number of nitrogen functional groups attached to an aromatic ring is 1. The van der Waals surface area contributed by atoms with Crippen molar-refractivity contribution >= 4 is 53.4 Å². The number of nitrogens with two attached hydrogens (primary N) is 1. The molecule has 0 spiro atoms. The molecule has 2 N–H and O–H groups in total. The van der Waals surface area contributed by atoms with Crippen LogP contribution in [0.3, 0.4) is 0 Å². The van der Waals surface area contributed by atoms with Gasteiger partial charge in [0.2, 0.25) is 0 Å². The first-order valence-electron chi connectivity index (χ1n) is 7.53. The Kier molecular flexibility index (Phi) is 6.67. The number of aromatic nitrogens is 1. The van der Waals surface area contributed by atoms with Crippen LogP contribution in [0.1, 0.15) is 47.4 Å². The molecule has 0 bridgehead atoms. The van der Waals surface area contributed by atoms with Crippen molar-refractivity contribution < 1.29 is 4.79 Å². The minimum atomic E-state index is -0.0343. The van der Waals surface area contributed by atoms with Gasteiger partial charge in [-0.1, -0.05) is 26.8 Å². The first-order chi connectivity index (χ1) is 10.4. The van der Waals surface area contributed by atoms with Crippen molar-refractivity contribution in [2.45, 2.75) is 39.0 Å². The highest BCUT2D eigenvalue weighted by molar-refractivity contribution is 7.13. The topological polar surface area (TPSA) is 59.2 Å². The SMILES string of the molecule is CC(C)(C)c1ncc(C(=O)N2CCCc3c(N)cccc32)s1.Cl.Cl. The second kappa shape index (κ2) is 7.72. The molecule has 132 valence electrons. The third kappa shape index (κ3) is 3.85. The van der Waals surface area contributed by atoms with Gasteiger partial charge in [0.25, 0.3) is 5.91 Å². The number of carbonyl (C=O) groups is 1. The maximum Gasteiger partial charge on any atom is 0.269 e. The summed E-state index contributed by atoms with van der Waals surface area (Å²) >= 11 is 1.49. The van der Waals surface area contributed by atoms with Gasteiger partial charge >= 0.3 is 0 Å². The fraction of sp³-hybridized carbons (Fsp3) is 0.412. The van der Waals surface area contributed by atoms with Gasteiger partial charge < -0.3 is 10.6 Å². The Hall–Kier alpha value is -1.30. The van der Waals surface area contributed by atoms with E-state index >= 15 is 0 Å². The van der Waals surface area contributed by atoms with E-state index < -0.39 is 0 Å². The average Bonchev–Trinajstić information content (AvgIpc) is 2.96. The Morgan fingerprint density at radius 1 is 1.29 bits per heavy atom. The highest BCUT2D eigenvalue weighted by Gasteiger charge is 2.27. The number of anilines is 2. The Bertz CT molecular complexity index is 725. The van der Waals surface area contributed by atoms with Gasteiger partial charge in [-0.3, -0.25) is 4.79 Å². The summed E-state index contributed by atoms with van der Waals surface area (Å²) in [7, 11) is 0. The van der Waals surface area contributed by atoms with Crippen LogP contribution in [-0.2, 0) is 11.8 Å². The second-order valence-electron chi connectivity index (χ2n) is 6.68. The van der Waals surface area contributed by atoms with E-state index in [2.05, 4.69) is 25.8 Å². The van der Waals surface area contributed by atoms with Crippen molar-refractivity contribution in [3.8, 4) is 0 Å². The monoisotopic (exact) mass is 387 g/mol. The lowest BCUT2D eigenvalue weighted by Gasteiger charge is -2.29. The number of hydrogen-bond donors (Lipinski definition) is 1. The number of nitrogens with zero attached hydrogens (tertiary/aromatic N) is 2. The molecule has 2 heterocycles. The number of amides is 1. The first-order valence-corrected chi connectivity index (χ1v) is 8.35. The molecular formula is C17H23Cl2N3OS. The highest BCUT2D eigenvalue weighted by atomic mass is 35.5. The molecular weight excluding hydrogens is 365 g/mol. The number of benzene rings is 1. The molecule has 0 unspecified atom stereocenters. The Balaban J connectivity index is 0.00000144. The normalized spacial score (nSPS) is 13.5. The van der Waals surface area contributed by atoms with E-state index in [-0.39, 0.29) is 36.1 Å². The zero-order chi connectivity index (χ0) is 15.9. The van der Waals surface area contributed by atoms with E-state index in [1.807, 2.05) is 23.1 Å². The summed E-state index contributed by atoms with van der Waals surface area (Å²) in [5, 5.41) is 0.987. The molecule has 1 aromatic carbocycles. The van der Waals surface area contributed by atoms with E-state index in [9.17, 15) is 4.79 Å². The molecule has 1 amide bonds. The number of thiazole rings is 1. The molecule has 7 heteroatoms. The molecule has 0 atom stereocenters. The van der Waals surface area contributed by atoms with E-state index in [1.54, 1.807) is 6.20 Å². The predicted molar refractivity (Wildman–Crippen MR) is 106 cm³/mol. The summed E-state index contributed by atoms with van der Waals surface area (Å²) < 4.78 is 0. The smallest absolute Gasteiger partial charge is 0.269 e. The lowest BCUT2D eigenvalue weighted by atomic mass is 9.98. The molecule has 0 aliphatic carbocycles. The largest absolute Gasteiger partial charge is 0.398 e. The van der Waals surface area contributed by atoms with Gasteiger partial charge in [-0.15, -0.1) is 36.2 Å². The van der Waals surface area contributed by atoms with E-state index in [0.717, 1.165) is 41.3 Å². The van der Waals surface area contributed by atoms with Crippen LogP contribution in [0.5, 0.6) is 0 Å². The molecule has 1 aliphatic heterocycles. The molecule has 0 radical (unpaired) electrons. The van der Waals surface area contributed by atoms with Crippen LogP contribution in [0.4, 0.5) is 11.4 Å². The Labute approximate surface area is 159 Å². The first kappa shape index (κ1) is 20.7. The van der Waals surface area contributed by atoms with E-state index in [4.69, 9.17) is 5.73 Å². The predicted octanol–water partition coefficient (Wildman–Crippen LogP) is 4.46. The zero-order valence-corrected chi connectivity index (χ0v) is 16.5. The molecule has 0 saturated carbocycles. The summed E-state index contributed by atoms with van der Waals surface area (Å²) in [4.78, 5) is 19.8. The molecule has 3 rings (SSSR count). The van der Waals surface area contributed by atoms with Crippen molar-refractivity contribution in [2.24, 2.45) is 0 Å². The summed E-state index contributed by atoms with van der Waals surface area (Å²) in [6, 6.07) is 5.79. The van der Waals surface area contributed by atoms with E-state index in [0.29, 0.717) is 4.88 Å². The van der Waals surface area contributed by atoms with Gasteiger partial charge in [-0.25, -0.2) is 4.98 Å². The van der Waals surface area contributed by atoms with Crippen molar-refractivity contribution in [1.29, 1.82) is 0 Å². The molecule has 4 nitrogen and oxygen atoms in total. The summed E-state index contributed by atoms with van der Waals surface area (Å²) in [6.45, 7) is 7.06. The van der Waals surface area contributed by atoms with Crippen LogP contribution in [0, 0.1) is 0 Å². The van der Waals surface area contributed by atoms with Gasteiger partial charge in [0.05, 0.1) is 11.2 Å². The second-order valence-corrected chi connectivity index (χ2v) is 7.72. The van der Waals surface area contributed by atoms with Crippen LogP contribution < -0.4 is 10.6 Å². The van der Waals surface area contributed by atoms with Gasteiger partial charge in [-0.05, 0) is 30.5 Å². The quantitative estimate of drug-likeness (QED) is 0.734. The average molecular weight is 388 g/mol. The van der Waals surface area contributed by atoms with Crippen LogP contribution >= 0.6 is 36.2 Å². The number of halogens is 2. The maximum atomic E-state index is 12.9. The van der Waals surface area contributed by atoms with Gasteiger partial charge in [0, 0.05) is 23.3 Å². The number of fused-ring (bicyclic) bond motifs is 1. The van der Waals surface area contributed by atoms with Crippen LogP contribution in [-0.4, -0.2) is 17.4 Å². The third-order valence-corrected chi connectivity index (χ3v) is 5.30. The Morgan fingerprint density at radius 2 is 2.00 bits per heavy atom. The van der Waals surface area contributed by atoms with Crippen molar-refractivity contribution in [3.63, 3.8) is 0 Å². The minimum absolute atomic E-state index is 0. The fourth-order valence-electron chi connectivity index (χ4n) is 2.72. The lowest BCUT2D eigenvalue weighted by Crippen LogP contribution is -2.35. The summed E-state index contributed by atoms with van der Waals surface area (Å²) in [5.74, 6) is 0.0274. The highest BCUT2D eigenvalue weighted by Crippen LogP contribution is 2.34. The number of carbonyl (C=O) groups excluding carboxylic acids is 1. The van der Waals surface area contributed by atoms with Crippen molar-refractivity contribution in [2.75, 3.05) is 17.2 Å². The van der Waals surface area contributed by atoms with E-state index in [1.165, 1.54) is 11.3 Å². The molecule has 0 saturated heterocycles. The van der Waals surface area contributed by atoms with Gasteiger partial charge in [0.1, 0.15) is 4.88 Å². The zero-order valence-electron chi connectivity index (χ0n) is 14.0. The van der Waals surface area contributed by atoms with Gasteiger partial charge in [-0.2, -0.15) is 0 Å². The molecule has 1 aromatic heterocycles. The third-order valence-electron chi connectivity index (χ3n) is 3.89. The van der Waals surface area contributed by atoms with Crippen molar-refractivity contribution in [1.82, 2.24) is 4.98 Å². The lowest BCUT2D eigenvalue weighted by molar-refractivity contribution is 0.0989. The fourth-order valence-corrected chi connectivity index (χ4v) is 3.64. The van der Waals surface area contributed by atoms with Crippen molar-refractivity contribution in [3.05, 3.63) is 39.8 Å².